The van der Waals surface area contributed by atoms with Crippen molar-refractivity contribution in [3.05, 3.63) is 80.6 Å². The quantitative estimate of drug-likeness (QED) is 0.335. The lowest BCUT2D eigenvalue weighted by Gasteiger charge is -2.11. The van der Waals surface area contributed by atoms with Crippen LogP contribution in [0.3, 0.4) is 0 Å². The van der Waals surface area contributed by atoms with E-state index in [1.807, 2.05) is 12.1 Å². The number of nitrogens with zero attached hydrogens (tertiary/aromatic N) is 2. The first kappa shape index (κ1) is 21.1. The molecule has 1 amide bonds. The molecule has 1 N–H and O–H groups in total. The van der Waals surface area contributed by atoms with Crippen molar-refractivity contribution in [3.8, 4) is 17.1 Å². The fourth-order valence-corrected chi connectivity index (χ4v) is 2.92. The first-order valence-corrected chi connectivity index (χ1v) is 9.27. The Morgan fingerprint density at radius 3 is 2.50 bits per heavy atom. The molecule has 0 spiro atoms. The molecule has 0 saturated heterocycles. The molecule has 0 fully saturated rings. The summed E-state index contributed by atoms with van der Waals surface area (Å²) in [5.74, 6) is 1.06. The Hall–Kier alpha value is -3.65. The fraction of sp³-hybridized carbons (Fsp3) is 0.143. The van der Waals surface area contributed by atoms with Crippen LogP contribution in [0.25, 0.3) is 11.3 Å². The number of hydrogen-bond donors (Lipinski definition) is 1. The van der Waals surface area contributed by atoms with E-state index in [1.165, 1.54) is 18.3 Å². The molecule has 0 aliphatic heterocycles. The van der Waals surface area contributed by atoms with Gasteiger partial charge in [0.15, 0.2) is 6.61 Å². The summed E-state index contributed by atoms with van der Waals surface area (Å²) in [6.45, 7) is 3.08. The van der Waals surface area contributed by atoms with E-state index in [9.17, 15) is 14.9 Å². The molecule has 0 aliphatic rings. The number of carbonyl (C=O) groups is 1. The van der Waals surface area contributed by atoms with E-state index in [-0.39, 0.29) is 12.3 Å². The second-order valence-corrected chi connectivity index (χ2v) is 6.89. The van der Waals surface area contributed by atoms with Crippen molar-refractivity contribution < 1.29 is 18.9 Å². The highest BCUT2D eigenvalue weighted by Crippen LogP contribution is 2.28. The van der Waals surface area contributed by atoms with Gasteiger partial charge in [-0.25, -0.2) is 5.43 Å². The minimum atomic E-state index is -0.479. The van der Waals surface area contributed by atoms with Crippen LogP contribution in [0.5, 0.6) is 5.75 Å². The van der Waals surface area contributed by atoms with E-state index < -0.39 is 10.8 Å². The normalized spacial score (nSPS) is 10.9. The number of nitro benzene ring substituents is 1. The average molecular weight is 428 g/mol. The summed E-state index contributed by atoms with van der Waals surface area (Å²) in [5.41, 5.74) is 4.33. The number of non-ortho nitro benzene ring substituents is 1. The Balaban J connectivity index is 1.55. The predicted molar refractivity (Wildman–Crippen MR) is 113 cm³/mol. The first-order chi connectivity index (χ1) is 14.3. The molecule has 1 heterocycles. The largest absolute Gasteiger partial charge is 0.483 e. The summed E-state index contributed by atoms with van der Waals surface area (Å²) in [4.78, 5) is 22.4. The zero-order valence-corrected chi connectivity index (χ0v) is 17.0. The highest BCUT2D eigenvalue weighted by Gasteiger charge is 2.14. The molecular weight excluding hydrogens is 410 g/mol. The van der Waals surface area contributed by atoms with E-state index >= 15 is 0 Å². The van der Waals surface area contributed by atoms with Gasteiger partial charge in [-0.3, -0.25) is 14.9 Å². The fourth-order valence-electron chi connectivity index (χ4n) is 2.79. The standard InChI is InChI=1S/C21H18ClN3O5/c1-13-9-17(25(27)28)10-14(2)21(13)29-12-20(26)24-23-11-18-7-8-19(30-18)15-3-5-16(22)6-4-15/h3-11H,12H2,1-2H3,(H,24,26)/b23-11+. The lowest BCUT2D eigenvalue weighted by atomic mass is 10.1. The SMILES string of the molecule is Cc1cc([N+](=O)[O-])cc(C)c1OCC(=O)N/N=C/c1ccc(-c2ccc(Cl)cc2)o1. The number of aryl methyl sites for hydroxylation is 2. The smallest absolute Gasteiger partial charge is 0.277 e. The van der Waals surface area contributed by atoms with Crippen LogP contribution in [0.4, 0.5) is 5.69 Å². The van der Waals surface area contributed by atoms with Crippen molar-refractivity contribution in [2.45, 2.75) is 13.8 Å². The van der Waals surface area contributed by atoms with Crippen LogP contribution in [0.1, 0.15) is 16.9 Å². The summed E-state index contributed by atoms with van der Waals surface area (Å²) >= 11 is 5.87. The first-order valence-electron chi connectivity index (χ1n) is 8.89. The highest BCUT2D eigenvalue weighted by atomic mass is 35.5. The third-order valence-electron chi connectivity index (χ3n) is 4.14. The Kier molecular flexibility index (Phi) is 6.48. The molecule has 9 heteroatoms. The zero-order chi connectivity index (χ0) is 21.7. The zero-order valence-electron chi connectivity index (χ0n) is 16.2. The van der Waals surface area contributed by atoms with Crippen LogP contribution in [0.2, 0.25) is 5.02 Å². The van der Waals surface area contributed by atoms with Gasteiger partial charge in [-0.05, 0) is 61.4 Å². The Morgan fingerprint density at radius 2 is 1.87 bits per heavy atom. The molecule has 0 radical (unpaired) electrons. The van der Waals surface area contributed by atoms with Crippen molar-refractivity contribution >= 4 is 29.4 Å². The predicted octanol–water partition coefficient (Wildman–Crippen LogP) is 4.65. The van der Waals surface area contributed by atoms with Gasteiger partial charge < -0.3 is 9.15 Å². The van der Waals surface area contributed by atoms with Gasteiger partial charge in [0.25, 0.3) is 11.6 Å². The van der Waals surface area contributed by atoms with Crippen LogP contribution < -0.4 is 10.2 Å². The van der Waals surface area contributed by atoms with E-state index in [0.717, 1.165) is 5.56 Å². The molecule has 8 nitrogen and oxygen atoms in total. The summed E-state index contributed by atoms with van der Waals surface area (Å²) in [5, 5.41) is 15.4. The molecule has 0 saturated carbocycles. The molecule has 1 aromatic heterocycles. The van der Waals surface area contributed by atoms with Crippen molar-refractivity contribution in [2.75, 3.05) is 6.61 Å². The maximum Gasteiger partial charge on any atom is 0.277 e. The Labute approximate surface area is 177 Å². The van der Waals surface area contributed by atoms with Gasteiger partial charge in [-0.2, -0.15) is 5.10 Å². The molecule has 3 aromatic rings. The molecule has 0 atom stereocenters. The van der Waals surface area contributed by atoms with Gasteiger partial charge in [-0.15, -0.1) is 0 Å². The van der Waals surface area contributed by atoms with Crippen molar-refractivity contribution in [1.82, 2.24) is 5.43 Å². The molecule has 0 aliphatic carbocycles. The topological polar surface area (TPSA) is 107 Å². The number of furan rings is 1. The van der Waals surface area contributed by atoms with Crippen LogP contribution >= 0.6 is 11.6 Å². The molecule has 2 aromatic carbocycles. The summed E-state index contributed by atoms with van der Waals surface area (Å²) in [7, 11) is 0. The molecule has 0 unspecified atom stereocenters. The van der Waals surface area contributed by atoms with Gasteiger partial charge in [0, 0.05) is 22.7 Å². The lowest BCUT2D eigenvalue weighted by Crippen LogP contribution is -2.25. The van der Waals surface area contributed by atoms with E-state index in [0.29, 0.717) is 33.4 Å². The summed E-state index contributed by atoms with van der Waals surface area (Å²) in [6, 6.07) is 13.5. The highest BCUT2D eigenvalue weighted by molar-refractivity contribution is 6.30. The third-order valence-corrected chi connectivity index (χ3v) is 4.39. The second-order valence-electron chi connectivity index (χ2n) is 6.46. The Morgan fingerprint density at radius 1 is 1.20 bits per heavy atom. The number of nitrogens with one attached hydrogen (secondary N) is 1. The number of rotatable bonds is 7. The van der Waals surface area contributed by atoms with Crippen molar-refractivity contribution in [3.63, 3.8) is 0 Å². The average Bonchev–Trinajstić information content (AvgIpc) is 3.16. The second kappa shape index (κ2) is 9.23. The minimum Gasteiger partial charge on any atom is -0.483 e. The molecule has 3 rings (SSSR count). The molecular formula is C21H18ClN3O5. The lowest BCUT2D eigenvalue weighted by molar-refractivity contribution is -0.385. The van der Waals surface area contributed by atoms with Gasteiger partial charge in [0.1, 0.15) is 17.3 Å². The number of nitro groups is 1. The van der Waals surface area contributed by atoms with E-state index in [4.69, 9.17) is 20.8 Å². The van der Waals surface area contributed by atoms with Gasteiger partial charge in [0.2, 0.25) is 0 Å². The van der Waals surface area contributed by atoms with Crippen LogP contribution in [0.15, 0.2) is 58.0 Å². The monoisotopic (exact) mass is 427 g/mol. The van der Waals surface area contributed by atoms with E-state index in [1.54, 1.807) is 38.1 Å². The number of hydrogen-bond acceptors (Lipinski definition) is 6. The number of benzene rings is 2. The Bertz CT molecular complexity index is 1080. The maximum atomic E-state index is 12.0. The molecule has 154 valence electrons. The molecule has 0 bridgehead atoms. The summed E-state index contributed by atoms with van der Waals surface area (Å²) < 4.78 is 11.1. The van der Waals surface area contributed by atoms with Gasteiger partial charge >= 0.3 is 0 Å². The minimum absolute atomic E-state index is 0.0252. The van der Waals surface area contributed by atoms with Crippen LogP contribution in [-0.2, 0) is 4.79 Å². The van der Waals surface area contributed by atoms with Crippen molar-refractivity contribution in [1.29, 1.82) is 0 Å². The molecule has 30 heavy (non-hydrogen) atoms. The van der Waals surface area contributed by atoms with Gasteiger partial charge in [-0.1, -0.05) is 11.6 Å². The number of amides is 1. The summed E-state index contributed by atoms with van der Waals surface area (Å²) in [6.07, 6.45) is 1.37. The van der Waals surface area contributed by atoms with Crippen molar-refractivity contribution in [2.24, 2.45) is 5.10 Å². The van der Waals surface area contributed by atoms with Crippen LogP contribution in [0, 0.1) is 24.0 Å². The van der Waals surface area contributed by atoms with Crippen LogP contribution in [-0.4, -0.2) is 23.7 Å². The number of hydrazone groups is 1. The third kappa shape index (κ3) is 5.24. The number of halogens is 1. The maximum absolute atomic E-state index is 12.0. The number of ether oxygens (including phenoxy) is 1. The van der Waals surface area contributed by atoms with Gasteiger partial charge in [0.05, 0.1) is 11.1 Å². The van der Waals surface area contributed by atoms with E-state index in [2.05, 4.69) is 10.5 Å². The number of carbonyl (C=O) groups excluding carboxylic acids is 1.